The molecular weight excluding hydrogens is 202 g/mol. The lowest BCUT2D eigenvalue weighted by atomic mass is 10.2. The van der Waals surface area contributed by atoms with Crippen LogP contribution in [-0.4, -0.2) is 48.0 Å². The fraction of sp³-hybridized carbons (Fsp3) is 0.778. The molecule has 6 heteroatoms. The highest BCUT2D eigenvalue weighted by Gasteiger charge is 2.08. The molecule has 0 aliphatic carbocycles. The van der Waals surface area contributed by atoms with Gasteiger partial charge in [-0.15, -0.1) is 0 Å². The van der Waals surface area contributed by atoms with Gasteiger partial charge in [0.05, 0.1) is 25.6 Å². The minimum absolute atomic E-state index is 0.158. The number of aliphatic hydroxyl groups excluding tert-OH is 1. The third-order valence-corrected chi connectivity index (χ3v) is 1.60. The van der Waals surface area contributed by atoms with Crippen LogP contribution >= 0.6 is 0 Å². The lowest BCUT2D eigenvalue weighted by molar-refractivity contribution is -0.143. The molecule has 0 amide bonds. The third kappa shape index (κ3) is 9.17. The Balaban J connectivity index is 3.37. The van der Waals surface area contributed by atoms with Crippen molar-refractivity contribution < 1.29 is 24.5 Å². The fourth-order valence-electron chi connectivity index (χ4n) is 0.966. The van der Waals surface area contributed by atoms with Gasteiger partial charge in [-0.2, -0.15) is 0 Å². The Kier molecular flexibility index (Phi) is 7.57. The van der Waals surface area contributed by atoms with E-state index in [9.17, 15) is 9.59 Å². The molecule has 15 heavy (non-hydrogen) atoms. The molecule has 0 aliphatic heterocycles. The molecule has 0 aromatic carbocycles. The SMILES string of the molecule is CCOC(=O)CCNCC(O)CC(=O)O. The van der Waals surface area contributed by atoms with Crippen LogP contribution in [0.1, 0.15) is 19.8 Å². The predicted molar refractivity (Wildman–Crippen MR) is 52.4 cm³/mol. The van der Waals surface area contributed by atoms with Crippen LogP contribution in [0.15, 0.2) is 0 Å². The molecule has 0 radical (unpaired) electrons. The van der Waals surface area contributed by atoms with Crippen LogP contribution in [0.25, 0.3) is 0 Å². The molecule has 0 fully saturated rings. The van der Waals surface area contributed by atoms with E-state index in [0.29, 0.717) is 13.2 Å². The maximum absolute atomic E-state index is 10.8. The average molecular weight is 219 g/mol. The first kappa shape index (κ1) is 13.9. The fourth-order valence-corrected chi connectivity index (χ4v) is 0.966. The Morgan fingerprint density at radius 3 is 2.67 bits per heavy atom. The molecule has 6 nitrogen and oxygen atoms in total. The van der Waals surface area contributed by atoms with E-state index in [1.54, 1.807) is 6.92 Å². The monoisotopic (exact) mass is 219 g/mol. The summed E-state index contributed by atoms with van der Waals surface area (Å²) < 4.78 is 4.68. The van der Waals surface area contributed by atoms with E-state index in [4.69, 9.17) is 10.2 Å². The maximum Gasteiger partial charge on any atom is 0.307 e. The second kappa shape index (κ2) is 8.19. The minimum Gasteiger partial charge on any atom is -0.481 e. The topological polar surface area (TPSA) is 95.9 Å². The number of nitrogens with one attached hydrogen (secondary N) is 1. The molecule has 0 spiro atoms. The normalized spacial score (nSPS) is 12.1. The predicted octanol–water partition coefficient (Wildman–Crippen LogP) is -0.635. The van der Waals surface area contributed by atoms with Crippen molar-refractivity contribution in [2.75, 3.05) is 19.7 Å². The number of aliphatic carboxylic acids is 1. The number of esters is 1. The Morgan fingerprint density at radius 2 is 2.13 bits per heavy atom. The molecule has 1 unspecified atom stereocenters. The van der Waals surface area contributed by atoms with E-state index >= 15 is 0 Å². The van der Waals surface area contributed by atoms with Gasteiger partial charge in [-0.1, -0.05) is 0 Å². The van der Waals surface area contributed by atoms with Gasteiger partial charge in [0.15, 0.2) is 0 Å². The molecule has 0 heterocycles. The molecule has 0 bridgehead atoms. The molecule has 0 saturated heterocycles. The van der Waals surface area contributed by atoms with Crippen LogP contribution in [0, 0.1) is 0 Å². The Labute approximate surface area is 88.2 Å². The zero-order valence-electron chi connectivity index (χ0n) is 8.73. The van der Waals surface area contributed by atoms with Gasteiger partial charge in [0.2, 0.25) is 0 Å². The number of aliphatic hydroxyl groups is 1. The van der Waals surface area contributed by atoms with E-state index in [-0.39, 0.29) is 25.4 Å². The summed E-state index contributed by atoms with van der Waals surface area (Å²) in [5.41, 5.74) is 0. The first-order valence-electron chi connectivity index (χ1n) is 4.82. The highest BCUT2D eigenvalue weighted by Crippen LogP contribution is 1.90. The largest absolute Gasteiger partial charge is 0.481 e. The molecule has 0 aromatic heterocycles. The molecule has 0 rings (SSSR count). The Hall–Kier alpha value is -1.14. The van der Waals surface area contributed by atoms with E-state index in [1.807, 2.05) is 0 Å². The lowest BCUT2D eigenvalue weighted by Gasteiger charge is -2.08. The zero-order valence-corrected chi connectivity index (χ0v) is 8.73. The summed E-state index contributed by atoms with van der Waals surface area (Å²) in [4.78, 5) is 21.0. The Morgan fingerprint density at radius 1 is 1.47 bits per heavy atom. The number of carboxylic acids is 1. The van der Waals surface area contributed by atoms with E-state index in [2.05, 4.69) is 10.1 Å². The van der Waals surface area contributed by atoms with Crippen LogP contribution < -0.4 is 5.32 Å². The van der Waals surface area contributed by atoms with Crippen molar-refractivity contribution in [1.29, 1.82) is 0 Å². The van der Waals surface area contributed by atoms with Crippen molar-refractivity contribution in [2.24, 2.45) is 0 Å². The van der Waals surface area contributed by atoms with Crippen LogP contribution in [-0.2, 0) is 14.3 Å². The molecular formula is C9H17NO5. The average Bonchev–Trinajstić information content (AvgIpc) is 2.12. The van der Waals surface area contributed by atoms with Crippen molar-refractivity contribution in [2.45, 2.75) is 25.9 Å². The summed E-state index contributed by atoms with van der Waals surface area (Å²) >= 11 is 0. The first-order chi connectivity index (χ1) is 7.06. The van der Waals surface area contributed by atoms with Gasteiger partial charge < -0.3 is 20.3 Å². The molecule has 0 aliphatic rings. The van der Waals surface area contributed by atoms with Gasteiger partial charge in [0, 0.05) is 13.1 Å². The van der Waals surface area contributed by atoms with Gasteiger partial charge in [-0.05, 0) is 6.92 Å². The van der Waals surface area contributed by atoms with Crippen molar-refractivity contribution in [3.63, 3.8) is 0 Å². The zero-order chi connectivity index (χ0) is 11.7. The summed E-state index contributed by atoms with van der Waals surface area (Å²) in [7, 11) is 0. The van der Waals surface area contributed by atoms with Crippen LogP contribution in [0.4, 0.5) is 0 Å². The van der Waals surface area contributed by atoms with Gasteiger partial charge >= 0.3 is 11.9 Å². The summed E-state index contributed by atoms with van der Waals surface area (Å²) in [6.07, 6.45) is -1.01. The summed E-state index contributed by atoms with van der Waals surface area (Å²) in [6, 6.07) is 0. The van der Waals surface area contributed by atoms with E-state index < -0.39 is 12.1 Å². The standard InChI is InChI=1S/C9H17NO5/c1-2-15-9(14)3-4-10-6-7(11)5-8(12)13/h7,10-11H,2-6H2,1H3,(H,12,13). The highest BCUT2D eigenvalue weighted by atomic mass is 16.5. The van der Waals surface area contributed by atoms with Gasteiger partial charge in [0.1, 0.15) is 0 Å². The molecule has 88 valence electrons. The van der Waals surface area contributed by atoms with Crippen LogP contribution in [0.5, 0.6) is 0 Å². The van der Waals surface area contributed by atoms with Crippen LogP contribution in [0.3, 0.4) is 0 Å². The van der Waals surface area contributed by atoms with Crippen LogP contribution in [0.2, 0.25) is 0 Å². The van der Waals surface area contributed by atoms with Crippen molar-refractivity contribution in [3.05, 3.63) is 0 Å². The number of hydrogen-bond donors (Lipinski definition) is 3. The van der Waals surface area contributed by atoms with Gasteiger partial charge in [0.25, 0.3) is 0 Å². The Bertz CT molecular complexity index is 207. The van der Waals surface area contributed by atoms with Gasteiger partial charge in [-0.25, -0.2) is 0 Å². The molecule has 1 atom stereocenters. The summed E-state index contributed by atoms with van der Waals surface area (Å²) in [5, 5.41) is 20.2. The number of rotatable bonds is 8. The highest BCUT2D eigenvalue weighted by molar-refractivity contribution is 5.69. The lowest BCUT2D eigenvalue weighted by Crippen LogP contribution is -2.30. The number of hydrogen-bond acceptors (Lipinski definition) is 5. The molecule has 0 saturated carbocycles. The number of carbonyl (C=O) groups is 2. The first-order valence-corrected chi connectivity index (χ1v) is 4.82. The van der Waals surface area contributed by atoms with E-state index in [0.717, 1.165) is 0 Å². The summed E-state index contributed by atoms with van der Waals surface area (Å²) in [5.74, 6) is -1.35. The molecule has 0 aromatic rings. The minimum atomic E-state index is -1.05. The van der Waals surface area contributed by atoms with Crippen molar-refractivity contribution in [1.82, 2.24) is 5.32 Å². The van der Waals surface area contributed by atoms with Crippen molar-refractivity contribution in [3.8, 4) is 0 Å². The quantitative estimate of drug-likeness (QED) is 0.371. The maximum atomic E-state index is 10.8. The van der Waals surface area contributed by atoms with Gasteiger partial charge in [-0.3, -0.25) is 9.59 Å². The summed E-state index contributed by atoms with van der Waals surface area (Å²) in [6.45, 7) is 2.60. The third-order valence-electron chi connectivity index (χ3n) is 1.60. The molecule has 3 N–H and O–H groups in total. The number of ether oxygens (including phenoxy) is 1. The second-order valence-electron chi connectivity index (χ2n) is 3.01. The number of carboxylic acid groups (broad SMARTS) is 1. The smallest absolute Gasteiger partial charge is 0.307 e. The van der Waals surface area contributed by atoms with E-state index in [1.165, 1.54) is 0 Å². The second-order valence-corrected chi connectivity index (χ2v) is 3.01. The van der Waals surface area contributed by atoms with Crippen molar-refractivity contribution >= 4 is 11.9 Å². The number of carbonyl (C=O) groups excluding carboxylic acids is 1.